The third kappa shape index (κ3) is 3.58. The van der Waals surface area contributed by atoms with Gasteiger partial charge in [-0.1, -0.05) is 37.5 Å². The summed E-state index contributed by atoms with van der Waals surface area (Å²) in [6.45, 7) is 5.93. The number of aromatic nitrogens is 1. The second kappa shape index (κ2) is 6.72. The first-order valence-corrected chi connectivity index (χ1v) is 8.60. The number of carbonyl (C=O) groups excluding carboxylic acids is 2. The predicted octanol–water partition coefficient (Wildman–Crippen LogP) is 3.90. The Labute approximate surface area is 155 Å². The lowest BCUT2D eigenvalue weighted by atomic mass is 9.92. The van der Waals surface area contributed by atoms with E-state index in [-0.39, 0.29) is 28.6 Å². The second-order valence-corrected chi connectivity index (χ2v) is 7.64. The van der Waals surface area contributed by atoms with Crippen molar-refractivity contribution in [2.24, 2.45) is 0 Å². The number of nitrogens with one attached hydrogen (secondary N) is 1. The van der Waals surface area contributed by atoms with Crippen LogP contribution in [0, 0.1) is 5.82 Å². The second-order valence-electron chi connectivity index (χ2n) is 7.23. The van der Waals surface area contributed by atoms with Gasteiger partial charge in [-0.2, -0.15) is 0 Å². The van der Waals surface area contributed by atoms with Crippen LogP contribution < -0.4 is 10.2 Å². The van der Waals surface area contributed by atoms with Crippen molar-refractivity contribution in [2.75, 3.05) is 10.2 Å². The van der Waals surface area contributed by atoms with Gasteiger partial charge in [0.05, 0.1) is 10.7 Å². The lowest BCUT2D eigenvalue weighted by Gasteiger charge is -2.23. The highest BCUT2D eigenvalue weighted by Gasteiger charge is 2.38. The number of amides is 2. The Morgan fingerprint density at radius 1 is 1.38 bits per heavy atom. The Kier molecular flexibility index (Phi) is 4.75. The van der Waals surface area contributed by atoms with Crippen LogP contribution in [-0.2, 0) is 15.0 Å². The van der Waals surface area contributed by atoms with E-state index in [9.17, 15) is 14.0 Å². The largest absolute Gasteiger partial charge is 0.338 e. The molecule has 1 aromatic heterocycles. The Hall–Kier alpha value is -2.41. The van der Waals surface area contributed by atoms with Gasteiger partial charge < -0.3 is 4.52 Å². The number of hydrogen-bond acceptors (Lipinski definition) is 4. The summed E-state index contributed by atoms with van der Waals surface area (Å²) in [7, 11) is 0. The van der Waals surface area contributed by atoms with Crippen LogP contribution in [0.4, 0.5) is 16.0 Å². The molecule has 1 aliphatic rings. The molecule has 8 heteroatoms. The number of anilines is 2. The van der Waals surface area contributed by atoms with E-state index in [0.29, 0.717) is 17.8 Å². The van der Waals surface area contributed by atoms with Gasteiger partial charge in [0.2, 0.25) is 17.7 Å². The molecule has 0 radical (unpaired) electrons. The molecule has 0 unspecified atom stereocenters. The molecule has 0 aliphatic carbocycles. The van der Waals surface area contributed by atoms with Gasteiger partial charge in [0.15, 0.2) is 0 Å². The molecule has 2 amide bonds. The Morgan fingerprint density at radius 3 is 2.73 bits per heavy atom. The quantitative estimate of drug-likeness (QED) is 0.877. The van der Waals surface area contributed by atoms with Crippen LogP contribution in [0.1, 0.15) is 39.3 Å². The summed E-state index contributed by atoms with van der Waals surface area (Å²) in [5.41, 5.74) is 0.775. The average molecular weight is 380 g/mol. The van der Waals surface area contributed by atoms with E-state index in [4.69, 9.17) is 16.1 Å². The molecule has 0 saturated carbocycles. The minimum atomic E-state index is -0.758. The van der Waals surface area contributed by atoms with E-state index >= 15 is 0 Å². The topological polar surface area (TPSA) is 75.4 Å². The van der Waals surface area contributed by atoms with Crippen LogP contribution in [0.5, 0.6) is 0 Å². The molecule has 0 spiro atoms. The van der Waals surface area contributed by atoms with Crippen LogP contribution in [0.2, 0.25) is 5.02 Å². The SMILES string of the molecule is CC(C)(C)c1cc(NC(=O)[C@@H]2CCC(=O)N2c2ccc(Cl)c(F)c2)on1. The first-order valence-electron chi connectivity index (χ1n) is 8.22. The van der Waals surface area contributed by atoms with Crippen molar-refractivity contribution < 1.29 is 18.5 Å². The fourth-order valence-electron chi connectivity index (χ4n) is 2.78. The van der Waals surface area contributed by atoms with Crippen molar-refractivity contribution in [1.29, 1.82) is 0 Å². The van der Waals surface area contributed by atoms with Gasteiger partial charge in [-0.25, -0.2) is 4.39 Å². The molecule has 0 bridgehead atoms. The summed E-state index contributed by atoms with van der Waals surface area (Å²) in [6, 6.07) is 4.92. The summed E-state index contributed by atoms with van der Waals surface area (Å²) in [6.07, 6.45) is 0.529. The molecule has 138 valence electrons. The Balaban J connectivity index is 1.80. The van der Waals surface area contributed by atoms with Gasteiger partial charge in [-0.15, -0.1) is 0 Å². The Morgan fingerprint density at radius 2 is 2.12 bits per heavy atom. The molecule has 1 aliphatic heterocycles. The summed E-state index contributed by atoms with van der Waals surface area (Å²) in [4.78, 5) is 26.2. The zero-order chi connectivity index (χ0) is 19.1. The van der Waals surface area contributed by atoms with Crippen LogP contribution in [0.15, 0.2) is 28.8 Å². The fourth-order valence-corrected chi connectivity index (χ4v) is 2.90. The van der Waals surface area contributed by atoms with Crippen molar-refractivity contribution in [3.8, 4) is 0 Å². The number of rotatable bonds is 3. The van der Waals surface area contributed by atoms with E-state index in [1.165, 1.54) is 17.0 Å². The molecule has 6 nitrogen and oxygen atoms in total. The van der Waals surface area contributed by atoms with E-state index < -0.39 is 17.8 Å². The number of carbonyl (C=O) groups is 2. The van der Waals surface area contributed by atoms with Crippen LogP contribution in [0.25, 0.3) is 0 Å². The molecule has 1 aromatic carbocycles. The average Bonchev–Trinajstić information content (AvgIpc) is 3.16. The molecule has 1 N–H and O–H groups in total. The zero-order valence-corrected chi connectivity index (χ0v) is 15.4. The molecule has 1 saturated heterocycles. The maximum atomic E-state index is 13.8. The van der Waals surface area contributed by atoms with Gasteiger partial charge in [0.25, 0.3) is 0 Å². The predicted molar refractivity (Wildman–Crippen MR) is 95.8 cm³/mol. The number of benzene rings is 1. The van der Waals surface area contributed by atoms with Crippen molar-refractivity contribution in [1.82, 2.24) is 5.16 Å². The van der Waals surface area contributed by atoms with E-state index in [1.54, 1.807) is 6.07 Å². The minimum absolute atomic E-state index is 0.0437. The first-order chi connectivity index (χ1) is 12.2. The maximum absolute atomic E-state index is 13.8. The van der Waals surface area contributed by atoms with Gasteiger partial charge in [-0.3, -0.25) is 19.8 Å². The zero-order valence-electron chi connectivity index (χ0n) is 14.7. The molecule has 3 rings (SSSR count). The highest BCUT2D eigenvalue weighted by atomic mass is 35.5. The van der Waals surface area contributed by atoms with Crippen molar-refractivity contribution >= 4 is 35.0 Å². The summed E-state index contributed by atoms with van der Waals surface area (Å²) in [5.74, 6) is -1.10. The third-order valence-corrected chi connectivity index (χ3v) is 4.53. The molecule has 2 aromatic rings. The normalized spacial score (nSPS) is 17.7. The number of nitrogens with zero attached hydrogens (tertiary/aromatic N) is 2. The van der Waals surface area contributed by atoms with Gasteiger partial charge in [0, 0.05) is 23.6 Å². The number of halogens is 2. The van der Waals surface area contributed by atoms with Crippen molar-refractivity contribution in [3.63, 3.8) is 0 Å². The fraction of sp³-hybridized carbons (Fsp3) is 0.389. The van der Waals surface area contributed by atoms with Gasteiger partial charge in [0.1, 0.15) is 11.9 Å². The lowest BCUT2D eigenvalue weighted by molar-refractivity contribution is -0.120. The smallest absolute Gasteiger partial charge is 0.249 e. The number of hydrogen-bond donors (Lipinski definition) is 1. The van der Waals surface area contributed by atoms with Crippen LogP contribution in [-0.4, -0.2) is 23.0 Å². The molecule has 1 atom stereocenters. The standard InChI is InChI=1S/C18H19ClFN3O3/c1-18(2,3)14-9-15(26-22-14)21-17(25)13-6-7-16(24)23(13)10-4-5-11(19)12(20)8-10/h4-5,8-9,13H,6-7H2,1-3H3,(H,21,25)/t13-/m0/s1. The van der Waals surface area contributed by atoms with Crippen LogP contribution >= 0.6 is 11.6 Å². The van der Waals surface area contributed by atoms with E-state index in [2.05, 4.69) is 10.5 Å². The molecular weight excluding hydrogens is 361 g/mol. The first kappa shape index (κ1) is 18.4. The van der Waals surface area contributed by atoms with Gasteiger partial charge in [-0.05, 0) is 24.6 Å². The lowest BCUT2D eigenvalue weighted by Crippen LogP contribution is -2.41. The van der Waals surface area contributed by atoms with E-state index in [1.807, 2.05) is 20.8 Å². The molecule has 1 fully saturated rings. The monoisotopic (exact) mass is 379 g/mol. The molecular formula is C18H19ClFN3O3. The van der Waals surface area contributed by atoms with Crippen LogP contribution in [0.3, 0.4) is 0 Å². The molecule has 26 heavy (non-hydrogen) atoms. The third-order valence-electron chi connectivity index (χ3n) is 4.22. The van der Waals surface area contributed by atoms with Crippen molar-refractivity contribution in [2.45, 2.75) is 45.1 Å². The summed E-state index contributed by atoms with van der Waals surface area (Å²) < 4.78 is 18.9. The highest BCUT2D eigenvalue weighted by Crippen LogP contribution is 2.30. The Bertz CT molecular complexity index is 860. The molecule has 2 heterocycles. The highest BCUT2D eigenvalue weighted by molar-refractivity contribution is 6.30. The van der Waals surface area contributed by atoms with Crippen molar-refractivity contribution in [3.05, 3.63) is 40.8 Å². The summed E-state index contributed by atoms with van der Waals surface area (Å²) >= 11 is 5.69. The maximum Gasteiger partial charge on any atom is 0.249 e. The van der Waals surface area contributed by atoms with Gasteiger partial charge >= 0.3 is 0 Å². The van der Waals surface area contributed by atoms with E-state index in [0.717, 1.165) is 6.07 Å². The minimum Gasteiger partial charge on any atom is -0.338 e. The summed E-state index contributed by atoms with van der Waals surface area (Å²) in [5, 5.41) is 6.54.